The van der Waals surface area contributed by atoms with Gasteiger partial charge in [0.25, 0.3) is 0 Å². The fraction of sp³-hybridized carbons (Fsp3) is 0.381. The van der Waals surface area contributed by atoms with Gasteiger partial charge >= 0.3 is 0 Å². The summed E-state index contributed by atoms with van der Waals surface area (Å²) >= 11 is 7.69. The molecule has 1 saturated heterocycles. The van der Waals surface area contributed by atoms with Crippen molar-refractivity contribution in [2.75, 3.05) is 49.9 Å². The number of halogens is 2. The van der Waals surface area contributed by atoms with E-state index in [0.717, 1.165) is 42.6 Å². The van der Waals surface area contributed by atoms with Gasteiger partial charge in [-0.05, 0) is 29.8 Å². The van der Waals surface area contributed by atoms with Crippen molar-refractivity contribution >= 4 is 35.0 Å². The number of carbonyl (C=O) groups excluding carboxylic acids is 1. The summed E-state index contributed by atoms with van der Waals surface area (Å²) in [7, 11) is 0. The van der Waals surface area contributed by atoms with Gasteiger partial charge in [0.15, 0.2) is 0 Å². The van der Waals surface area contributed by atoms with E-state index in [2.05, 4.69) is 21.2 Å². The van der Waals surface area contributed by atoms with Gasteiger partial charge in [-0.15, -0.1) is 0 Å². The summed E-state index contributed by atoms with van der Waals surface area (Å²) in [6.45, 7) is 4.48. The van der Waals surface area contributed by atoms with Gasteiger partial charge in [0, 0.05) is 54.9 Å². The molecule has 150 valence electrons. The summed E-state index contributed by atoms with van der Waals surface area (Å²) in [6, 6.07) is 14.7. The first-order valence-corrected chi connectivity index (χ1v) is 11.0. The number of nitrogens with one attached hydrogen (secondary N) is 1. The second-order valence-corrected chi connectivity index (χ2v) is 8.28. The normalized spacial score (nSPS) is 14.9. The van der Waals surface area contributed by atoms with Crippen LogP contribution in [0.3, 0.4) is 0 Å². The van der Waals surface area contributed by atoms with Gasteiger partial charge in [-0.1, -0.05) is 35.9 Å². The van der Waals surface area contributed by atoms with Gasteiger partial charge in [0.05, 0.1) is 6.54 Å². The maximum Gasteiger partial charge on any atom is 0.234 e. The van der Waals surface area contributed by atoms with Gasteiger partial charge < -0.3 is 10.2 Å². The van der Waals surface area contributed by atoms with Gasteiger partial charge in [0.1, 0.15) is 5.82 Å². The Morgan fingerprint density at radius 1 is 1.11 bits per heavy atom. The molecular weight excluding hydrogens is 397 g/mol. The number of hydrogen-bond donors (Lipinski definition) is 1. The summed E-state index contributed by atoms with van der Waals surface area (Å²) in [5, 5.41) is 3.70. The number of carbonyl (C=O) groups is 1. The molecule has 1 N–H and O–H groups in total. The third-order valence-corrected chi connectivity index (χ3v) is 5.94. The molecule has 2 aromatic rings. The number of piperazine rings is 1. The van der Waals surface area contributed by atoms with Crippen LogP contribution in [0.4, 0.5) is 10.1 Å². The first kappa shape index (κ1) is 21.0. The monoisotopic (exact) mass is 421 g/mol. The Kier molecular flexibility index (Phi) is 8.01. The third-order valence-electron chi connectivity index (χ3n) is 4.70. The fourth-order valence-corrected chi connectivity index (χ4v) is 4.19. The molecule has 4 nitrogen and oxygen atoms in total. The number of thioether (sulfide) groups is 1. The van der Waals surface area contributed by atoms with Crippen molar-refractivity contribution < 1.29 is 9.18 Å². The molecule has 1 fully saturated rings. The summed E-state index contributed by atoms with van der Waals surface area (Å²) < 4.78 is 13.5. The zero-order chi connectivity index (χ0) is 19.8. The van der Waals surface area contributed by atoms with Crippen molar-refractivity contribution in [3.63, 3.8) is 0 Å². The van der Waals surface area contributed by atoms with Crippen molar-refractivity contribution in [1.29, 1.82) is 0 Å². The lowest BCUT2D eigenvalue weighted by Crippen LogP contribution is -2.49. The zero-order valence-electron chi connectivity index (χ0n) is 15.7. The molecule has 0 radical (unpaired) electrons. The van der Waals surface area contributed by atoms with E-state index >= 15 is 0 Å². The molecule has 1 aliphatic rings. The minimum absolute atomic E-state index is 0.0442. The van der Waals surface area contributed by atoms with Crippen LogP contribution < -0.4 is 10.2 Å². The average molecular weight is 422 g/mol. The van der Waals surface area contributed by atoms with Crippen LogP contribution in [-0.2, 0) is 10.5 Å². The molecule has 0 unspecified atom stereocenters. The molecular formula is C21H25ClFN3OS. The van der Waals surface area contributed by atoms with E-state index in [9.17, 15) is 9.18 Å². The summed E-state index contributed by atoms with van der Waals surface area (Å²) in [4.78, 5) is 16.6. The van der Waals surface area contributed by atoms with Crippen LogP contribution in [0, 0.1) is 5.82 Å². The number of benzene rings is 2. The summed E-state index contributed by atoms with van der Waals surface area (Å²) in [6.07, 6.45) is 0. The lowest BCUT2D eigenvalue weighted by Gasteiger charge is -2.35. The molecule has 0 spiro atoms. The molecule has 28 heavy (non-hydrogen) atoms. The fourth-order valence-electron chi connectivity index (χ4n) is 3.16. The molecule has 0 saturated carbocycles. The SMILES string of the molecule is O=C(CN1CCN(c2cccc(Cl)c2)CC1)NCCSCc1ccccc1F. The van der Waals surface area contributed by atoms with Crippen molar-refractivity contribution in [3.05, 3.63) is 64.9 Å². The number of nitrogens with zero attached hydrogens (tertiary/aromatic N) is 2. The molecule has 0 aromatic heterocycles. The van der Waals surface area contributed by atoms with E-state index in [-0.39, 0.29) is 11.7 Å². The Morgan fingerprint density at radius 2 is 1.89 bits per heavy atom. The van der Waals surface area contributed by atoms with Gasteiger partial charge in [-0.3, -0.25) is 9.69 Å². The van der Waals surface area contributed by atoms with E-state index < -0.39 is 0 Å². The highest BCUT2D eigenvalue weighted by Gasteiger charge is 2.19. The Labute approximate surface area is 175 Å². The highest BCUT2D eigenvalue weighted by molar-refractivity contribution is 7.98. The topological polar surface area (TPSA) is 35.6 Å². The molecule has 0 atom stereocenters. The third kappa shape index (κ3) is 6.40. The second kappa shape index (κ2) is 10.7. The Hall–Kier alpha value is -1.76. The van der Waals surface area contributed by atoms with Crippen LogP contribution in [0.25, 0.3) is 0 Å². The predicted molar refractivity (Wildman–Crippen MR) is 116 cm³/mol. The number of anilines is 1. The quantitative estimate of drug-likeness (QED) is 0.660. The van der Waals surface area contributed by atoms with E-state index in [1.807, 2.05) is 24.3 Å². The van der Waals surface area contributed by atoms with E-state index in [0.29, 0.717) is 24.4 Å². The van der Waals surface area contributed by atoms with Crippen LogP contribution in [0.5, 0.6) is 0 Å². The molecule has 1 aliphatic heterocycles. The lowest BCUT2D eigenvalue weighted by molar-refractivity contribution is -0.122. The zero-order valence-corrected chi connectivity index (χ0v) is 17.3. The van der Waals surface area contributed by atoms with E-state index in [1.165, 1.54) is 6.07 Å². The maximum absolute atomic E-state index is 13.5. The molecule has 1 amide bonds. The minimum Gasteiger partial charge on any atom is -0.369 e. The van der Waals surface area contributed by atoms with E-state index in [4.69, 9.17) is 11.6 Å². The van der Waals surface area contributed by atoms with Crippen molar-refractivity contribution in [2.24, 2.45) is 0 Å². The lowest BCUT2D eigenvalue weighted by atomic mass is 10.2. The molecule has 1 heterocycles. The molecule has 0 aliphatic carbocycles. The number of amides is 1. The Morgan fingerprint density at radius 3 is 2.64 bits per heavy atom. The number of rotatable bonds is 8. The maximum atomic E-state index is 13.5. The van der Waals surface area contributed by atoms with Crippen molar-refractivity contribution in [2.45, 2.75) is 5.75 Å². The Balaban J connectivity index is 1.30. The molecule has 2 aromatic carbocycles. The molecule has 3 rings (SSSR count). The predicted octanol–water partition coefficient (Wildman–Crippen LogP) is 3.65. The first-order valence-electron chi connectivity index (χ1n) is 9.42. The van der Waals surface area contributed by atoms with Crippen LogP contribution in [-0.4, -0.2) is 55.8 Å². The number of hydrogen-bond acceptors (Lipinski definition) is 4. The molecule has 7 heteroatoms. The summed E-state index contributed by atoms with van der Waals surface area (Å²) in [5.74, 6) is 1.26. The Bertz CT molecular complexity index is 784. The minimum atomic E-state index is -0.170. The van der Waals surface area contributed by atoms with Gasteiger partial charge in [-0.25, -0.2) is 4.39 Å². The van der Waals surface area contributed by atoms with Gasteiger partial charge in [0.2, 0.25) is 5.91 Å². The van der Waals surface area contributed by atoms with Crippen molar-refractivity contribution in [3.8, 4) is 0 Å². The van der Waals surface area contributed by atoms with Gasteiger partial charge in [-0.2, -0.15) is 11.8 Å². The molecule has 0 bridgehead atoms. The van der Waals surface area contributed by atoms with Crippen molar-refractivity contribution in [1.82, 2.24) is 10.2 Å². The summed E-state index contributed by atoms with van der Waals surface area (Å²) in [5.41, 5.74) is 1.83. The highest BCUT2D eigenvalue weighted by atomic mass is 35.5. The largest absolute Gasteiger partial charge is 0.369 e. The van der Waals surface area contributed by atoms with Crippen LogP contribution in [0.2, 0.25) is 5.02 Å². The smallest absolute Gasteiger partial charge is 0.234 e. The van der Waals surface area contributed by atoms with Crippen LogP contribution >= 0.6 is 23.4 Å². The van der Waals surface area contributed by atoms with Crippen LogP contribution in [0.1, 0.15) is 5.56 Å². The highest BCUT2D eigenvalue weighted by Crippen LogP contribution is 2.20. The van der Waals surface area contributed by atoms with E-state index in [1.54, 1.807) is 23.9 Å². The standard InChI is InChI=1S/C21H25ClFN3OS/c22-18-5-3-6-19(14-18)26-11-9-25(10-12-26)15-21(27)24-8-13-28-16-17-4-1-2-7-20(17)23/h1-7,14H,8-13,15-16H2,(H,24,27). The average Bonchev–Trinajstić information content (AvgIpc) is 2.69. The van der Waals surface area contributed by atoms with Crippen LogP contribution in [0.15, 0.2) is 48.5 Å². The first-order chi connectivity index (χ1) is 13.6. The second-order valence-electron chi connectivity index (χ2n) is 6.74.